The maximum Gasteiger partial charge on any atom is 0.416 e. The van der Waals surface area contributed by atoms with E-state index in [1.807, 2.05) is 14.1 Å². The number of rotatable bonds is 16. The average molecular weight is 422 g/mol. The molecular formula is C21H45N2O4S+. The molecule has 2 amide bonds. The van der Waals surface area contributed by atoms with Crippen molar-refractivity contribution in [3.63, 3.8) is 0 Å². The molecular weight excluding hydrogens is 376 g/mol. The molecule has 0 aromatic heterocycles. The van der Waals surface area contributed by atoms with Gasteiger partial charge in [-0.3, -0.25) is 4.55 Å². The fraction of sp³-hybridized carbons (Fsp3) is 0.952. The molecule has 0 aromatic rings. The van der Waals surface area contributed by atoms with E-state index in [0.717, 1.165) is 51.6 Å². The van der Waals surface area contributed by atoms with Crippen LogP contribution < -0.4 is 5.32 Å². The third-order valence-corrected chi connectivity index (χ3v) is 6.97. The van der Waals surface area contributed by atoms with E-state index < -0.39 is 15.4 Å². The van der Waals surface area contributed by atoms with Gasteiger partial charge in [-0.1, -0.05) is 58.8 Å². The van der Waals surface area contributed by atoms with Gasteiger partial charge in [-0.25, -0.2) is 9.28 Å². The minimum Gasteiger partial charge on any atom is -0.306 e. The third-order valence-electron chi connectivity index (χ3n) is 5.72. The van der Waals surface area contributed by atoms with E-state index in [1.54, 1.807) is 6.92 Å². The summed E-state index contributed by atoms with van der Waals surface area (Å²) < 4.78 is 31.6. The van der Waals surface area contributed by atoms with Crippen molar-refractivity contribution in [1.82, 2.24) is 5.32 Å². The quantitative estimate of drug-likeness (QED) is 0.209. The second kappa shape index (κ2) is 14.3. The Hall–Kier alpha value is -0.660. The van der Waals surface area contributed by atoms with Crippen molar-refractivity contribution in [2.75, 3.05) is 27.2 Å². The van der Waals surface area contributed by atoms with Crippen LogP contribution in [0.2, 0.25) is 0 Å². The topological polar surface area (TPSA) is 83.5 Å². The summed E-state index contributed by atoms with van der Waals surface area (Å²) in [7, 11) is 0.00940. The first-order valence-electron chi connectivity index (χ1n) is 11.1. The van der Waals surface area contributed by atoms with Gasteiger partial charge >= 0.3 is 6.03 Å². The van der Waals surface area contributed by atoms with Crippen LogP contribution in [0.5, 0.6) is 0 Å². The number of carbonyl (C=O) groups is 1. The molecule has 0 rings (SSSR count). The van der Waals surface area contributed by atoms with Gasteiger partial charge in [-0.05, 0) is 38.5 Å². The lowest BCUT2D eigenvalue weighted by atomic mass is 9.93. The normalized spacial score (nSPS) is 14.6. The summed E-state index contributed by atoms with van der Waals surface area (Å²) in [4.78, 5) is 12.1. The molecule has 168 valence electrons. The van der Waals surface area contributed by atoms with Crippen molar-refractivity contribution < 1.29 is 22.2 Å². The Morgan fingerprint density at radius 1 is 0.964 bits per heavy atom. The highest BCUT2D eigenvalue weighted by Gasteiger charge is 2.24. The molecule has 0 radical (unpaired) electrons. The Balaban J connectivity index is 3.71. The summed E-state index contributed by atoms with van der Waals surface area (Å²) in [6.07, 6.45) is 11.6. The molecule has 0 saturated heterocycles. The molecule has 0 spiro atoms. The number of amides is 2. The molecule has 2 atom stereocenters. The largest absolute Gasteiger partial charge is 0.416 e. The molecule has 0 bridgehead atoms. The van der Waals surface area contributed by atoms with Gasteiger partial charge in [0.2, 0.25) is 0 Å². The van der Waals surface area contributed by atoms with E-state index in [0.29, 0.717) is 16.8 Å². The highest BCUT2D eigenvalue weighted by atomic mass is 32.2. The number of nitrogens with zero attached hydrogens (tertiary/aromatic N) is 1. The number of unbranched alkanes of at least 4 members (excludes halogenated alkanes) is 5. The molecule has 0 fully saturated rings. The van der Waals surface area contributed by atoms with Gasteiger partial charge in [0.05, 0.1) is 25.9 Å². The predicted molar refractivity (Wildman–Crippen MR) is 117 cm³/mol. The molecule has 7 heteroatoms. The van der Waals surface area contributed by atoms with E-state index in [9.17, 15) is 13.2 Å². The molecule has 6 nitrogen and oxygen atoms in total. The van der Waals surface area contributed by atoms with Gasteiger partial charge in [0.1, 0.15) is 0 Å². The van der Waals surface area contributed by atoms with E-state index in [2.05, 4.69) is 19.2 Å². The van der Waals surface area contributed by atoms with Gasteiger partial charge in [-0.15, -0.1) is 0 Å². The summed E-state index contributed by atoms with van der Waals surface area (Å²) in [5, 5.41) is 2.38. The fourth-order valence-corrected chi connectivity index (χ4v) is 3.94. The molecule has 2 N–H and O–H groups in total. The maximum absolute atomic E-state index is 12.1. The van der Waals surface area contributed by atoms with E-state index in [1.165, 1.54) is 25.7 Å². The maximum atomic E-state index is 12.1. The van der Waals surface area contributed by atoms with Crippen LogP contribution in [0.15, 0.2) is 0 Å². The Morgan fingerprint density at radius 3 is 2.07 bits per heavy atom. The summed E-state index contributed by atoms with van der Waals surface area (Å²) in [5.41, 5.74) is 0. The van der Waals surface area contributed by atoms with Crippen LogP contribution in [0.1, 0.15) is 91.4 Å². The van der Waals surface area contributed by atoms with Crippen LogP contribution in [-0.4, -0.2) is 55.9 Å². The molecule has 0 saturated carbocycles. The number of hydrogen-bond acceptors (Lipinski definition) is 3. The number of nitrogens with one attached hydrogen (secondary N) is 1. The molecule has 2 unspecified atom stereocenters. The van der Waals surface area contributed by atoms with Crippen molar-refractivity contribution in [1.29, 1.82) is 0 Å². The van der Waals surface area contributed by atoms with Crippen molar-refractivity contribution in [3.8, 4) is 0 Å². The van der Waals surface area contributed by atoms with Gasteiger partial charge in [0.15, 0.2) is 0 Å². The Bertz CT molecular complexity index is 520. The summed E-state index contributed by atoms with van der Waals surface area (Å²) in [6, 6.07) is 0.107. The number of urea groups is 1. The van der Waals surface area contributed by atoms with Crippen LogP contribution in [0.3, 0.4) is 0 Å². The van der Waals surface area contributed by atoms with Gasteiger partial charge in [0.25, 0.3) is 10.1 Å². The fourth-order valence-electron chi connectivity index (χ4n) is 3.51. The standard InChI is InChI=1S/C21H44N2O4S/c1-6-18-23(4,5)21(24)22-17-13-11-9-8-10-12-14-20(7-2)16-15-19(3)28(25,26)27/h19-20H,6-18H2,1-5H3,(H-,22,24,25,26,27)/p+1. The number of hydrogen-bond donors (Lipinski definition) is 2. The van der Waals surface area contributed by atoms with E-state index in [4.69, 9.17) is 4.55 Å². The van der Waals surface area contributed by atoms with Crippen LogP contribution in [0, 0.1) is 5.92 Å². The summed E-state index contributed by atoms with van der Waals surface area (Å²) in [5.74, 6) is 0.545. The number of quaternary nitrogens is 1. The average Bonchev–Trinajstić information content (AvgIpc) is 2.61. The summed E-state index contributed by atoms with van der Waals surface area (Å²) >= 11 is 0. The zero-order valence-corrected chi connectivity index (χ0v) is 19.7. The van der Waals surface area contributed by atoms with E-state index in [-0.39, 0.29) is 6.03 Å². The Labute approximate surface area is 173 Å². The highest BCUT2D eigenvalue weighted by Crippen LogP contribution is 2.22. The predicted octanol–water partition coefficient (Wildman–Crippen LogP) is 5.00. The zero-order valence-electron chi connectivity index (χ0n) is 18.9. The monoisotopic (exact) mass is 421 g/mol. The van der Waals surface area contributed by atoms with E-state index >= 15 is 0 Å². The molecule has 0 aliphatic heterocycles. The van der Waals surface area contributed by atoms with Crippen molar-refractivity contribution in [2.24, 2.45) is 5.92 Å². The smallest absolute Gasteiger partial charge is 0.306 e. The van der Waals surface area contributed by atoms with Crippen LogP contribution >= 0.6 is 0 Å². The van der Waals surface area contributed by atoms with Gasteiger partial charge in [-0.2, -0.15) is 8.42 Å². The van der Waals surface area contributed by atoms with Crippen molar-refractivity contribution in [2.45, 2.75) is 96.7 Å². The first kappa shape index (κ1) is 27.3. The third kappa shape index (κ3) is 12.7. The minimum atomic E-state index is -3.89. The molecule has 0 aliphatic carbocycles. The zero-order chi connectivity index (χ0) is 21.6. The first-order chi connectivity index (χ1) is 13.0. The Morgan fingerprint density at radius 2 is 1.54 bits per heavy atom. The number of carbonyl (C=O) groups excluding carboxylic acids is 1. The molecule has 0 aromatic carbocycles. The Kier molecular flexibility index (Phi) is 14.0. The van der Waals surface area contributed by atoms with Crippen LogP contribution in [-0.2, 0) is 10.1 Å². The van der Waals surface area contributed by atoms with Crippen LogP contribution in [0.25, 0.3) is 0 Å². The van der Waals surface area contributed by atoms with Crippen molar-refractivity contribution in [3.05, 3.63) is 0 Å². The minimum absolute atomic E-state index is 0.107. The summed E-state index contributed by atoms with van der Waals surface area (Å²) in [6.45, 7) is 7.44. The lowest BCUT2D eigenvalue weighted by molar-refractivity contribution is -0.809. The first-order valence-corrected chi connectivity index (χ1v) is 12.6. The molecule has 0 aliphatic rings. The molecule has 28 heavy (non-hydrogen) atoms. The second-order valence-corrected chi connectivity index (χ2v) is 10.6. The second-order valence-electron chi connectivity index (χ2n) is 8.73. The van der Waals surface area contributed by atoms with Gasteiger partial charge < -0.3 is 5.32 Å². The lowest BCUT2D eigenvalue weighted by Crippen LogP contribution is -2.52. The SMILES string of the molecule is CCC[N+](C)(C)C(=O)NCCCCCCCCC(CC)CCC(C)S(=O)(=O)O. The lowest BCUT2D eigenvalue weighted by Gasteiger charge is -2.26. The molecule has 0 heterocycles. The highest BCUT2D eigenvalue weighted by molar-refractivity contribution is 7.86. The van der Waals surface area contributed by atoms with Gasteiger partial charge in [0, 0.05) is 6.54 Å². The van der Waals surface area contributed by atoms with Crippen LogP contribution in [0.4, 0.5) is 4.79 Å². The van der Waals surface area contributed by atoms with Crippen molar-refractivity contribution >= 4 is 16.1 Å².